The number of rotatable bonds is 6. The number of carbonyl (C=O) groups excluding carboxylic acids is 2. The van der Waals surface area contributed by atoms with Crippen molar-refractivity contribution in [1.29, 1.82) is 0 Å². The first-order valence-corrected chi connectivity index (χ1v) is 6.00. The van der Waals surface area contributed by atoms with Crippen LogP contribution in [0.2, 0.25) is 0 Å². The monoisotopic (exact) mass is 293 g/mol. The molecule has 8 nitrogen and oxygen atoms in total. The summed E-state index contributed by atoms with van der Waals surface area (Å²) in [6.07, 6.45) is -0.868. The Kier molecular flexibility index (Phi) is 6.03. The van der Waals surface area contributed by atoms with Crippen LogP contribution in [-0.4, -0.2) is 32.3 Å². The number of benzene rings is 1. The third-order valence-electron chi connectivity index (χ3n) is 2.63. The number of nitrogens with zero attached hydrogens (tertiary/aromatic N) is 3. The van der Waals surface area contributed by atoms with E-state index in [0.717, 1.165) is 0 Å². The van der Waals surface area contributed by atoms with Gasteiger partial charge in [-0.1, -0.05) is 11.2 Å². The minimum Gasteiger partial charge on any atom is -0.479 e. The van der Waals surface area contributed by atoms with Crippen LogP contribution in [-0.2, 0) is 20.8 Å². The number of carbonyl (C=O) groups is 2. The highest BCUT2D eigenvalue weighted by Crippen LogP contribution is 2.23. The molecule has 1 aromatic carbocycles. The second-order valence-corrected chi connectivity index (χ2v) is 3.99. The molecule has 1 rings (SSSR count). The molecule has 0 bridgehead atoms. The van der Waals surface area contributed by atoms with Gasteiger partial charge in [-0.25, -0.2) is 9.59 Å². The minimum atomic E-state index is -0.868. The first-order valence-electron chi connectivity index (χ1n) is 6.00. The van der Waals surface area contributed by atoms with Crippen molar-refractivity contribution in [3.05, 3.63) is 39.8 Å². The van der Waals surface area contributed by atoms with Gasteiger partial charge in [-0.15, -0.1) is 0 Å². The zero-order valence-corrected chi connectivity index (χ0v) is 11.9. The van der Waals surface area contributed by atoms with Crippen LogP contribution in [0.5, 0.6) is 5.75 Å². The maximum atomic E-state index is 11.5. The van der Waals surface area contributed by atoms with E-state index in [1.807, 2.05) is 0 Å². The van der Waals surface area contributed by atoms with Gasteiger partial charge in [0.2, 0.25) is 0 Å². The molecule has 1 aromatic rings. The first-order chi connectivity index (χ1) is 10.0. The molecule has 1 unspecified atom stereocenters. The average molecular weight is 293 g/mol. The summed E-state index contributed by atoms with van der Waals surface area (Å²) in [5.74, 6) is -0.850. The fourth-order valence-corrected chi connectivity index (χ4v) is 1.55. The van der Waals surface area contributed by atoms with Gasteiger partial charge in [-0.05, 0) is 30.2 Å². The van der Waals surface area contributed by atoms with Crippen molar-refractivity contribution in [3.63, 3.8) is 0 Å². The van der Waals surface area contributed by atoms with Crippen LogP contribution < -0.4 is 4.74 Å². The van der Waals surface area contributed by atoms with E-state index in [0.29, 0.717) is 5.56 Å². The predicted molar refractivity (Wildman–Crippen MR) is 72.7 cm³/mol. The maximum absolute atomic E-state index is 11.5. The number of methoxy groups -OCH3 is 2. The van der Waals surface area contributed by atoms with E-state index in [-0.39, 0.29) is 17.9 Å². The Morgan fingerprint density at radius 1 is 1.33 bits per heavy atom. The largest absolute Gasteiger partial charge is 0.479 e. The lowest BCUT2D eigenvalue weighted by atomic mass is 10.1. The van der Waals surface area contributed by atoms with E-state index in [2.05, 4.69) is 19.5 Å². The molecule has 0 saturated carbocycles. The van der Waals surface area contributed by atoms with Gasteiger partial charge >= 0.3 is 11.9 Å². The summed E-state index contributed by atoms with van der Waals surface area (Å²) in [4.78, 5) is 25.6. The van der Waals surface area contributed by atoms with E-state index in [1.54, 1.807) is 6.07 Å². The number of hydrogen-bond acceptors (Lipinski definition) is 6. The van der Waals surface area contributed by atoms with Gasteiger partial charge in [0.25, 0.3) is 0 Å². The lowest BCUT2D eigenvalue weighted by molar-refractivity contribution is -0.147. The second kappa shape index (κ2) is 7.76. The van der Waals surface area contributed by atoms with E-state index in [9.17, 15) is 9.59 Å². The Morgan fingerprint density at radius 2 is 2.05 bits per heavy atom. The van der Waals surface area contributed by atoms with Crippen molar-refractivity contribution < 1.29 is 23.8 Å². The lowest BCUT2D eigenvalue weighted by Crippen LogP contribution is -2.25. The molecule has 0 amide bonds. The summed E-state index contributed by atoms with van der Waals surface area (Å²) in [6.45, 7) is 1.54. The Balaban J connectivity index is 3.12. The third kappa shape index (κ3) is 4.39. The summed E-state index contributed by atoms with van der Waals surface area (Å²) < 4.78 is 14.6. The molecule has 0 aromatic heterocycles. The highest BCUT2D eigenvalue weighted by atomic mass is 16.6. The molecule has 0 aliphatic carbocycles. The zero-order valence-electron chi connectivity index (χ0n) is 11.9. The maximum Gasteiger partial charge on any atom is 0.346 e. The Labute approximate surface area is 121 Å². The molecule has 112 valence electrons. The summed E-state index contributed by atoms with van der Waals surface area (Å²) in [7, 11) is 2.50. The van der Waals surface area contributed by atoms with Gasteiger partial charge in [0, 0.05) is 4.91 Å². The molecule has 0 aliphatic rings. The highest BCUT2D eigenvalue weighted by molar-refractivity contribution is 5.90. The van der Waals surface area contributed by atoms with Crippen molar-refractivity contribution in [1.82, 2.24) is 0 Å². The van der Waals surface area contributed by atoms with Gasteiger partial charge in [-0.3, -0.25) is 0 Å². The number of azide groups is 1. The van der Waals surface area contributed by atoms with E-state index >= 15 is 0 Å². The van der Waals surface area contributed by atoms with E-state index in [4.69, 9.17) is 10.3 Å². The lowest BCUT2D eigenvalue weighted by Gasteiger charge is -2.15. The van der Waals surface area contributed by atoms with Crippen LogP contribution >= 0.6 is 0 Å². The minimum absolute atomic E-state index is 0.0289. The molecule has 8 heteroatoms. The molecule has 0 fully saturated rings. The summed E-state index contributed by atoms with van der Waals surface area (Å²) in [5.41, 5.74) is 9.17. The van der Waals surface area contributed by atoms with Crippen LogP contribution in [0, 0.1) is 0 Å². The molecule has 0 heterocycles. The summed E-state index contributed by atoms with van der Waals surface area (Å²) in [6, 6.07) is 4.51. The summed E-state index contributed by atoms with van der Waals surface area (Å²) in [5, 5.41) is 3.44. The Bertz CT molecular complexity index is 581. The van der Waals surface area contributed by atoms with Crippen LogP contribution in [0.25, 0.3) is 10.4 Å². The molecule has 0 spiro atoms. The number of hydrogen-bond donors (Lipinski definition) is 0. The Morgan fingerprint density at radius 3 is 2.62 bits per heavy atom. The molecular weight excluding hydrogens is 278 g/mol. The van der Waals surface area contributed by atoms with E-state index < -0.39 is 18.0 Å². The topological polar surface area (TPSA) is 111 Å². The van der Waals surface area contributed by atoms with Gasteiger partial charge in [-0.2, -0.15) is 0 Å². The fraction of sp³-hybridized carbons (Fsp3) is 0.385. The standard InChI is InChI=1S/C13H15N3O5/c1-8(12(17)19-2)21-11-6-9(13(18)20-3)4-5-10(11)7-15-16-14/h4-6,8H,7H2,1-3H3. The first kappa shape index (κ1) is 16.3. The van der Waals surface area contributed by atoms with Gasteiger partial charge in [0.05, 0.1) is 26.3 Å². The van der Waals surface area contributed by atoms with Crippen LogP contribution in [0.15, 0.2) is 23.3 Å². The van der Waals surface area contributed by atoms with Crippen molar-refractivity contribution in [2.24, 2.45) is 5.11 Å². The molecule has 0 saturated heterocycles. The van der Waals surface area contributed by atoms with Crippen LogP contribution in [0.4, 0.5) is 0 Å². The molecule has 0 aliphatic heterocycles. The normalized spacial score (nSPS) is 11.0. The van der Waals surface area contributed by atoms with Crippen molar-refractivity contribution in [2.75, 3.05) is 14.2 Å². The zero-order chi connectivity index (χ0) is 15.8. The predicted octanol–water partition coefficient (Wildman–Crippen LogP) is 2.22. The molecule has 0 N–H and O–H groups in total. The SMILES string of the molecule is COC(=O)c1ccc(CN=[N+]=[N-])c(OC(C)C(=O)OC)c1. The van der Waals surface area contributed by atoms with Gasteiger partial charge in [0.1, 0.15) is 5.75 Å². The van der Waals surface area contributed by atoms with Crippen molar-refractivity contribution in [2.45, 2.75) is 19.6 Å². The smallest absolute Gasteiger partial charge is 0.346 e. The second-order valence-electron chi connectivity index (χ2n) is 3.99. The van der Waals surface area contributed by atoms with Crippen LogP contribution in [0.3, 0.4) is 0 Å². The average Bonchev–Trinajstić information content (AvgIpc) is 2.51. The van der Waals surface area contributed by atoms with Crippen molar-refractivity contribution in [3.8, 4) is 5.75 Å². The quantitative estimate of drug-likeness (QED) is 0.345. The Hall–Kier alpha value is -2.73. The van der Waals surface area contributed by atoms with Gasteiger partial charge < -0.3 is 14.2 Å². The molecule has 1 atom stereocenters. The highest BCUT2D eigenvalue weighted by Gasteiger charge is 2.18. The third-order valence-corrected chi connectivity index (χ3v) is 2.63. The number of ether oxygens (including phenoxy) is 3. The molecular formula is C13H15N3O5. The number of esters is 2. The van der Waals surface area contributed by atoms with Crippen molar-refractivity contribution >= 4 is 11.9 Å². The molecule has 0 radical (unpaired) electrons. The fourth-order valence-electron chi connectivity index (χ4n) is 1.55. The van der Waals surface area contributed by atoms with Gasteiger partial charge in [0.15, 0.2) is 6.10 Å². The van der Waals surface area contributed by atoms with E-state index in [1.165, 1.54) is 33.3 Å². The molecule has 21 heavy (non-hydrogen) atoms. The summed E-state index contributed by atoms with van der Waals surface area (Å²) >= 11 is 0. The van der Waals surface area contributed by atoms with Crippen LogP contribution in [0.1, 0.15) is 22.8 Å².